The van der Waals surface area contributed by atoms with Crippen molar-refractivity contribution in [2.45, 2.75) is 18.9 Å². The third kappa shape index (κ3) is 2.83. The van der Waals surface area contributed by atoms with E-state index in [2.05, 4.69) is 4.72 Å². The van der Waals surface area contributed by atoms with E-state index in [1.54, 1.807) is 0 Å². The minimum atomic E-state index is -3.76. The van der Waals surface area contributed by atoms with Gasteiger partial charge in [-0.2, -0.15) is 0 Å². The van der Waals surface area contributed by atoms with E-state index in [0.717, 1.165) is 17.5 Å². The van der Waals surface area contributed by atoms with Gasteiger partial charge in [0.05, 0.1) is 0 Å². The van der Waals surface area contributed by atoms with Crippen molar-refractivity contribution >= 4 is 16.0 Å². The van der Waals surface area contributed by atoms with Crippen molar-refractivity contribution in [1.82, 2.24) is 4.72 Å². The number of aryl methyl sites for hydroxylation is 1. The summed E-state index contributed by atoms with van der Waals surface area (Å²) in [7, 11) is -3.76. The van der Waals surface area contributed by atoms with E-state index >= 15 is 0 Å². The zero-order valence-corrected chi connectivity index (χ0v) is 9.90. The summed E-state index contributed by atoms with van der Waals surface area (Å²) in [6, 6.07) is 7.29. The Labute approximate surface area is 99.5 Å². The molecule has 1 aromatic carbocycles. The third-order valence-electron chi connectivity index (χ3n) is 2.77. The second kappa shape index (κ2) is 4.46. The van der Waals surface area contributed by atoms with Crippen LogP contribution in [0.4, 0.5) is 0 Å². The van der Waals surface area contributed by atoms with Gasteiger partial charge >= 0.3 is 5.97 Å². The molecule has 1 atom stereocenters. The van der Waals surface area contributed by atoms with Gasteiger partial charge in [-0.05, 0) is 24.0 Å². The van der Waals surface area contributed by atoms with Gasteiger partial charge in [0.2, 0.25) is 10.0 Å². The molecule has 0 bridgehead atoms. The fourth-order valence-corrected chi connectivity index (χ4v) is 3.19. The molecule has 0 heterocycles. The van der Waals surface area contributed by atoms with Crippen molar-refractivity contribution in [3.63, 3.8) is 0 Å². The number of hydrogen-bond acceptors (Lipinski definition) is 3. The smallest absolute Gasteiger partial charge is 0.320 e. The van der Waals surface area contributed by atoms with E-state index in [9.17, 15) is 13.2 Å². The highest BCUT2D eigenvalue weighted by atomic mass is 32.2. The maximum absolute atomic E-state index is 11.5. The number of rotatable bonds is 4. The van der Waals surface area contributed by atoms with Crippen LogP contribution in [0, 0.1) is 0 Å². The van der Waals surface area contributed by atoms with Crippen LogP contribution in [0.3, 0.4) is 0 Å². The van der Waals surface area contributed by atoms with Crippen molar-refractivity contribution < 1.29 is 18.3 Å². The normalized spacial score (nSPS) is 18.9. The van der Waals surface area contributed by atoms with E-state index in [1.165, 1.54) is 0 Å². The Morgan fingerprint density at radius 3 is 2.82 bits per heavy atom. The molecule has 0 aliphatic heterocycles. The number of aliphatic carboxylic acids is 1. The molecule has 5 nitrogen and oxygen atoms in total. The summed E-state index contributed by atoms with van der Waals surface area (Å²) < 4.78 is 25.5. The lowest BCUT2D eigenvalue weighted by Crippen LogP contribution is -2.32. The van der Waals surface area contributed by atoms with Gasteiger partial charge in [0.1, 0.15) is 0 Å². The van der Waals surface area contributed by atoms with Crippen LogP contribution in [0.2, 0.25) is 0 Å². The molecule has 1 aliphatic rings. The standard InChI is InChI=1S/C11H13NO4S/c13-11(14)7-17(15,16)12-10-6-5-8-3-1-2-4-9(8)10/h1-4,10,12H,5-7H2,(H,13,14). The molecule has 0 aromatic heterocycles. The van der Waals surface area contributed by atoms with E-state index in [-0.39, 0.29) is 6.04 Å². The second-order valence-electron chi connectivity index (χ2n) is 4.06. The van der Waals surface area contributed by atoms with Crippen LogP contribution in [0.1, 0.15) is 23.6 Å². The van der Waals surface area contributed by atoms with E-state index in [1.807, 2.05) is 24.3 Å². The fourth-order valence-electron chi connectivity index (χ4n) is 2.10. The molecule has 92 valence electrons. The average Bonchev–Trinajstić information content (AvgIpc) is 2.59. The highest BCUT2D eigenvalue weighted by Crippen LogP contribution is 2.31. The predicted molar refractivity (Wildman–Crippen MR) is 62.1 cm³/mol. The van der Waals surface area contributed by atoms with Crippen LogP contribution in [-0.2, 0) is 21.2 Å². The van der Waals surface area contributed by atoms with Gasteiger partial charge in [-0.25, -0.2) is 13.1 Å². The third-order valence-corrected chi connectivity index (χ3v) is 4.04. The molecule has 1 unspecified atom stereocenters. The van der Waals surface area contributed by atoms with Gasteiger partial charge < -0.3 is 5.11 Å². The van der Waals surface area contributed by atoms with Gasteiger partial charge in [0, 0.05) is 6.04 Å². The topological polar surface area (TPSA) is 83.5 Å². The lowest BCUT2D eigenvalue weighted by molar-refractivity contribution is -0.134. The maximum Gasteiger partial charge on any atom is 0.320 e. The molecule has 0 saturated carbocycles. The highest BCUT2D eigenvalue weighted by Gasteiger charge is 2.27. The van der Waals surface area contributed by atoms with Gasteiger partial charge in [-0.3, -0.25) is 4.79 Å². The summed E-state index contributed by atoms with van der Waals surface area (Å²) in [5.74, 6) is -2.23. The minimum absolute atomic E-state index is 0.296. The van der Waals surface area contributed by atoms with Gasteiger partial charge in [-0.15, -0.1) is 0 Å². The Bertz CT molecular complexity index is 538. The number of hydrogen-bond donors (Lipinski definition) is 2. The Balaban J connectivity index is 2.15. The first-order valence-corrected chi connectivity index (χ1v) is 6.93. The first-order chi connectivity index (χ1) is 7.98. The van der Waals surface area contributed by atoms with Crippen molar-refractivity contribution in [3.8, 4) is 0 Å². The summed E-state index contributed by atoms with van der Waals surface area (Å²) in [6.07, 6.45) is 1.49. The Kier molecular flexibility index (Phi) is 3.17. The quantitative estimate of drug-likeness (QED) is 0.828. The van der Waals surface area contributed by atoms with Crippen molar-refractivity contribution in [1.29, 1.82) is 0 Å². The van der Waals surface area contributed by atoms with Crippen LogP contribution in [0.15, 0.2) is 24.3 Å². The van der Waals surface area contributed by atoms with Crippen molar-refractivity contribution in [2.75, 3.05) is 5.75 Å². The Hall–Kier alpha value is -1.40. The molecule has 17 heavy (non-hydrogen) atoms. The van der Waals surface area contributed by atoms with Crippen LogP contribution in [-0.4, -0.2) is 25.2 Å². The van der Waals surface area contributed by atoms with Crippen molar-refractivity contribution in [2.24, 2.45) is 0 Å². The van der Waals surface area contributed by atoms with Gasteiger partial charge in [0.25, 0.3) is 0 Å². The molecule has 0 radical (unpaired) electrons. The number of sulfonamides is 1. The average molecular weight is 255 g/mol. The maximum atomic E-state index is 11.5. The van der Waals surface area contributed by atoms with Crippen LogP contribution < -0.4 is 4.72 Å². The Morgan fingerprint density at radius 1 is 1.41 bits per heavy atom. The molecule has 0 spiro atoms. The Morgan fingerprint density at radius 2 is 2.12 bits per heavy atom. The van der Waals surface area contributed by atoms with E-state index in [4.69, 9.17) is 5.11 Å². The summed E-state index contributed by atoms with van der Waals surface area (Å²) in [5.41, 5.74) is 2.07. The number of nitrogens with one attached hydrogen (secondary N) is 1. The van der Waals surface area contributed by atoms with Gasteiger partial charge in [-0.1, -0.05) is 24.3 Å². The lowest BCUT2D eigenvalue weighted by Gasteiger charge is -2.13. The summed E-state index contributed by atoms with van der Waals surface area (Å²) >= 11 is 0. The highest BCUT2D eigenvalue weighted by molar-refractivity contribution is 7.90. The summed E-state index contributed by atoms with van der Waals surface area (Å²) in [5, 5.41) is 8.50. The molecular weight excluding hydrogens is 242 g/mol. The number of benzene rings is 1. The summed E-state index contributed by atoms with van der Waals surface area (Å²) in [4.78, 5) is 10.4. The summed E-state index contributed by atoms with van der Waals surface area (Å²) in [6.45, 7) is 0. The van der Waals surface area contributed by atoms with Crippen LogP contribution >= 0.6 is 0 Å². The van der Waals surface area contributed by atoms with Crippen LogP contribution in [0.25, 0.3) is 0 Å². The molecule has 1 aromatic rings. The van der Waals surface area contributed by atoms with Crippen LogP contribution in [0.5, 0.6) is 0 Å². The molecular formula is C11H13NO4S. The SMILES string of the molecule is O=C(O)CS(=O)(=O)NC1CCc2ccccc21. The van der Waals surface area contributed by atoms with Gasteiger partial charge in [0.15, 0.2) is 5.75 Å². The molecule has 0 amide bonds. The first-order valence-electron chi connectivity index (χ1n) is 5.27. The largest absolute Gasteiger partial charge is 0.480 e. The second-order valence-corrected chi connectivity index (χ2v) is 5.81. The zero-order valence-electron chi connectivity index (χ0n) is 9.09. The minimum Gasteiger partial charge on any atom is -0.480 e. The predicted octanol–water partition coefficient (Wildman–Crippen LogP) is 0.678. The fraction of sp³-hybridized carbons (Fsp3) is 0.364. The number of carbonyl (C=O) groups is 1. The number of carboxylic acid groups (broad SMARTS) is 1. The molecule has 1 aliphatic carbocycles. The molecule has 2 rings (SSSR count). The van der Waals surface area contributed by atoms with E-state index < -0.39 is 21.7 Å². The molecule has 0 fully saturated rings. The number of fused-ring (bicyclic) bond motifs is 1. The first kappa shape index (κ1) is 12.1. The molecule has 6 heteroatoms. The van der Waals surface area contributed by atoms with Crippen molar-refractivity contribution in [3.05, 3.63) is 35.4 Å². The van der Waals surface area contributed by atoms with E-state index in [0.29, 0.717) is 6.42 Å². The molecule has 2 N–H and O–H groups in total. The molecule has 0 saturated heterocycles. The lowest BCUT2D eigenvalue weighted by atomic mass is 10.1. The number of carboxylic acids is 1. The monoisotopic (exact) mass is 255 g/mol. The zero-order chi connectivity index (χ0) is 12.5.